The van der Waals surface area contributed by atoms with Gasteiger partial charge in [0.2, 0.25) is 0 Å². The van der Waals surface area contributed by atoms with Gasteiger partial charge in [0, 0.05) is 45.0 Å². The Morgan fingerprint density at radius 3 is 2.39 bits per heavy atom. The van der Waals surface area contributed by atoms with E-state index in [-0.39, 0.29) is 6.03 Å². The molecule has 4 rings (SSSR count). The second-order valence-electron chi connectivity index (χ2n) is 7.36. The fourth-order valence-electron chi connectivity index (χ4n) is 3.85. The van der Waals surface area contributed by atoms with E-state index in [9.17, 15) is 4.79 Å². The summed E-state index contributed by atoms with van der Waals surface area (Å²) in [5.41, 5.74) is 4.43. The van der Waals surface area contributed by atoms with Crippen LogP contribution in [0.4, 0.5) is 21.9 Å². The van der Waals surface area contributed by atoms with Crippen LogP contribution >= 0.6 is 0 Å². The topological polar surface area (TPSA) is 48.0 Å². The molecule has 2 heterocycles. The van der Waals surface area contributed by atoms with Gasteiger partial charge in [0.15, 0.2) is 0 Å². The number of anilines is 3. The van der Waals surface area contributed by atoms with Gasteiger partial charge in [0.05, 0.1) is 24.6 Å². The number of para-hydroxylation sites is 2. The van der Waals surface area contributed by atoms with Crippen molar-refractivity contribution in [3.8, 4) is 0 Å². The maximum Gasteiger partial charge on any atom is 0.322 e. The van der Waals surface area contributed by atoms with E-state index in [1.807, 2.05) is 23.1 Å². The highest BCUT2D eigenvalue weighted by atomic mass is 16.5. The predicted molar refractivity (Wildman–Crippen MR) is 113 cm³/mol. The van der Waals surface area contributed by atoms with E-state index < -0.39 is 0 Å². The Labute approximate surface area is 166 Å². The monoisotopic (exact) mass is 380 g/mol. The van der Waals surface area contributed by atoms with Crippen LogP contribution in [-0.4, -0.2) is 63.4 Å². The molecule has 2 aliphatic heterocycles. The van der Waals surface area contributed by atoms with Gasteiger partial charge in [-0.2, -0.15) is 0 Å². The summed E-state index contributed by atoms with van der Waals surface area (Å²) in [6.07, 6.45) is 0. The lowest BCUT2D eigenvalue weighted by atomic mass is 10.2. The number of piperazine rings is 1. The molecule has 0 spiro atoms. The Morgan fingerprint density at radius 1 is 0.893 bits per heavy atom. The summed E-state index contributed by atoms with van der Waals surface area (Å²) in [6.45, 7) is 8.40. The van der Waals surface area contributed by atoms with Crippen molar-refractivity contribution in [1.82, 2.24) is 4.90 Å². The number of ether oxygens (including phenoxy) is 1. The summed E-state index contributed by atoms with van der Waals surface area (Å²) in [5.74, 6) is 0. The van der Waals surface area contributed by atoms with Crippen molar-refractivity contribution >= 4 is 23.1 Å². The molecule has 148 valence electrons. The predicted octanol–water partition coefficient (Wildman–Crippen LogP) is 3.19. The molecule has 1 N–H and O–H groups in total. The zero-order chi connectivity index (χ0) is 19.3. The zero-order valence-corrected chi connectivity index (χ0v) is 16.4. The fourth-order valence-corrected chi connectivity index (χ4v) is 3.85. The normalized spacial score (nSPS) is 17.5. The van der Waals surface area contributed by atoms with E-state index in [0.29, 0.717) is 0 Å². The number of aryl methyl sites for hydroxylation is 1. The van der Waals surface area contributed by atoms with Gasteiger partial charge >= 0.3 is 6.03 Å². The summed E-state index contributed by atoms with van der Waals surface area (Å²) in [4.78, 5) is 19.4. The smallest absolute Gasteiger partial charge is 0.322 e. The van der Waals surface area contributed by atoms with Crippen molar-refractivity contribution in [2.45, 2.75) is 6.92 Å². The van der Waals surface area contributed by atoms with Gasteiger partial charge in [-0.1, -0.05) is 24.3 Å². The summed E-state index contributed by atoms with van der Waals surface area (Å²) in [7, 11) is 0. The number of nitrogens with one attached hydrogen (secondary N) is 1. The zero-order valence-electron chi connectivity index (χ0n) is 16.4. The molecule has 2 saturated heterocycles. The van der Waals surface area contributed by atoms with Gasteiger partial charge in [-0.05, 0) is 36.8 Å². The number of urea groups is 1. The first-order valence-electron chi connectivity index (χ1n) is 10.00. The third-order valence-corrected chi connectivity index (χ3v) is 5.43. The molecule has 6 heteroatoms. The quantitative estimate of drug-likeness (QED) is 0.889. The Morgan fingerprint density at radius 2 is 1.64 bits per heavy atom. The number of hydrogen-bond acceptors (Lipinski definition) is 4. The lowest BCUT2D eigenvalue weighted by Crippen LogP contribution is -2.50. The van der Waals surface area contributed by atoms with Crippen molar-refractivity contribution in [1.29, 1.82) is 0 Å². The van der Waals surface area contributed by atoms with Crippen molar-refractivity contribution in [3.05, 3.63) is 54.1 Å². The first kappa shape index (κ1) is 18.6. The van der Waals surface area contributed by atoms with Crippen LogP contribution in [0.15, 0.2) is 48.5 Å². The highest BCUT2D eigenvalue weighted by Gasteiger charge is 2.23. The van der Waals surface area contributed by atoms with E-state index in [0.717, 1.165) is 63.9 Å². The van der Waals surface area contributed by atoms with Crippen LogP contribution in [0.1, 0.15) is 5.56 Å². The minimum absolute atomic E-state index is 0.0235. The van der Waals surface area contributed by atoms with Crippen LogP contribution in [0.5, 0.6) is 0 Å². The van der Waals surface area contributed by atoms with Crippen molar-refractivity contribution < 1.29 is 9.53 Å². The van der Waals surface area contributed by atoms with Gasteiger partial charge in [0.25, 0.3) is 0 Å². The van der Waals surface area contributed by atoms with Crippen LogP contribution in [-0.2, 0) is 4.74 Å². The van der Waals surface area contributed by atoms with E-state index in [1.54, 1.807) is 0 Å². The number of nitrogens with zero attached hydrogens (tertiary/aromatic N) is 3. The molecule has 2 aromatic carbocycles. The minimum atomic E-state index is -0.0235. The number of carbonyl (C=O) groups is 1. The molecule has 0 atom stereocenters. The van der Waals surface area contributed by atoms with Gasteiger partial charge in [-0.3, -0.25) is 0 Å². The third-order valence-electron chi connectivity index (χ3n) is 5.43. The van der Waals surface area contributed by atoms with Crippen LogP contribution in [0.2, 0.25) is 0 Å². The van der Waals surface area contributed by atoms with Crippen molar-refractivity contribution in [2.75, 3.05) is 67.6 Å². The van der Waals surface area contributed by atoms with E-state index in [2.05, 4.69) is 52.4 Å². The molecule has 0 bridgehead atoms. The molecule has 28 heavy (non-hydrogen) atoms. The summed E-state index contributed by atoms with van der Waals surface area (Å²) in [5, 5.41) is 3.13. The van der Waals surface area contributed by atoms with E-state index in [1.165, 1.54) is 11.3 Å². The van der Waals surface area contributed by atoms with E-state index >= 15 is 0 Å². The molecule has 0 aromatic heterocycles. The SMILES string of the molecule is Cc1cccc(N2CCN(C(=O)Nc3ccccc3N3CCOCC3)CC2)c1. The molecule has 2 fully saturated rings. The lowest BCUT2D eigenvalue weighted by molar-refractivity contribution is 0.123. The number of amides is 2. The highest BCUT2D eigenvalue weighted by Crippen LogP contribution is 2.27. The number of rotatable bonds is 3. The standard InChI is InChI=1S/C22H28N4O2/c1-18-5-4-6-19(17-18)24-9-11-26(12-10-24)22(27)23-20-7-2-3-8-21(20)25-13-15-28-16-14-25/h2-8,17H,9-16H2,1H3,(H,23,27). The van der Waals surface area contributed by atoms with Gasteiger partial charge < -0.3 is 24.8 Å². The lowest BCUT2D eigenvalue weighted by Gasteiger charge is -2.36. The second kappa shape index (κ2) is 8.52. The molecule has 0 saturated carbocycles. The molecule has 2 aliphatic rings. The maximum atomic E-state index is 12.9. The average molecular weight is 380 g/mol. The highest BCUT2D eigenvalue weighted by molar-refractivity contribution is 5.93. The van der Waals surface area contributed by atoms with Crippen LogP contribution < -0.4 is 15.1 Å². The number of benzene rings is 2. The summed E-state index contributed by atoms with van der Waals surface area (Å²) in [6, 6.07) is 16.5. The molecular weight excluding hydrogens is 352 g/mol. The van der Waals surface area contributed by atoms with E-state index in [4.69, 9.17) is 4.74 Å². The van der Waals surface area contributed by atoms with Crippen LogP contribution in [0, 0.1) is 6.92 Å². The summed E-state index contributed by atoms with van der Waals surface area (Å²) >= 11 is 0. The third kappa shape index (κ3) is 4.22. The number of morpholine rings is 1. The average Bonchev–Trinajstić information content (AvgIpc) is 2.75. The Balaban J connectivity index is 1.37. The van der Waals surface area contributed by atoms with Crippen molar-refractivity contribution in [3.63, 3.8) is 0 Å². The molecular formula is C22H28N4O2. The first-order chi connectivity index (χ1) is 13.7. The molecule has 2 amide bonds. The minimum Gasteiger partial charge on any atom is -0.378 e. The fraction of sp³-hybridized carbons (Fsp3) is 0.409. The second-order valence-corrected chi connectivity index (χ2v) is 7.36. The molecule has 0 unspecified atom stereocenters. The van der Waals surface area contributed by atoms with Gasteiger partial charge in [-0.15, -0.1) is 0 Å². The largest absolute Gasteiger partial charge is 0.378 e. The number of carbonyl (C=O) groups excluding carboxylic acids is 1. The number of hydrogen-bond donors (Lipinski definition) is 1. The van der Waals surface area contributed by atoms with Crippen LogP contribution in [0.3, 0.4) is 0 Å². The molecule has 6 nitrogen and oxygen atoms in total. The molecule has 0 radical (unpaired) electrons. The molecule has 0 aliphatic carbocycles. The maximum absolute atomic E-state index is 12.9. The Kier molecular flexibility index (Phi) is 5.67. The van der Waals surface area contributed by atoms with Gasteiger partial charge in [0.1, 0.15) is 0 Å². The van der Waals surface area contributed by atoms with Gasteiger partial charge in [-0.25, -0.2) is 4.79 Å². The van der Waals surface area contributed by atoms with Crippen LogP contribution in [0.25, 0.3) is 0 Å². The van der Waals surface area contributed by atoms with Crippen molar-refractivity contribution in [2.24, 2.45) is 0 Å². The Bertz CT molecular complexity index is 812. The molecule has 2 aromatic rings. The summed E-state index contributed by atoms with van der Waals surface area (Å²) < 4.78 is 5.45. The first-order valence-corrected chi connectivity index (χ1v) is 10.00. The Hall–Kier alpha value is -2.73.